The number of benzene rings is 1. The van der Waals surface area contributed by atoms with Crippen molar-refractivity contribution in [3.05, 3.63) is 23.8 Å². The molecule has 0 bridgehead atoms. The zero-order valence-corrected chi connectivity index (χ0v) is 10.2. The van der Waals surface area contributed by atoms with Crippen molar-refractivity contribution in [2.75, 3.05) is 14.2 Å². The topological polar surface area (TPSA) is 35.5 Å². The summed E-state index contributed by atoms with van der Waals surface area (Å²) in [5.41, 5.74) is 0.673. The fourth-order valence-corrected chi connectivity index (χ4v) is 1.46. The first-order valence-electron chi connectivity index (χ1n) is 5.40. The Morgan fingerprint density at radius 3 is 2.38 bits per heavy atom. The van der Waals surface area contributed by atoms with Crippen LogP contribution in [-0.2, 0) is 0 Å². The van der Waals surface area contributed by atoms with Gasteiger partial charge in [0.05, 0.1) is 14.2 Å². The number of Topliss-reactive ketones (excluding diaryl/α,β-unsaturated/α-hetero) is 1. The molecule has 0 fully saturated rings. The van der Waals surface area contributed by atoms with Crippen molar-refractivity contribution in [1.82, 2.24) is 0 Å². The zero-order chi connectivity index (χ0) is 12.1. The largest absolute Gasteiger partial charge is 0.493 e. The summed E-state index contributed by atoms with van der Waals surface area (Å²) in [6.45, 7) is 3.93. The molecule has 1 atom stereocenters. The highest BCUT2D eigenvalue weighted by Crippen LogP contribution is 2.28. The molecule has 0 saturated heterocycles. The first kappa shape index (κ1) is 12.6. The molecule has 1 unspecified atom stereocenters. The maximum Gasteiger partial charge on any atom is 0.165 e. The minimum atomic E-state index is 0.0399. The average molecular weight is 222 g/mol. The molecule has 0 amide bonds. The van der Waals surface area contributed by atoms with Gasteiger partial charge < -0.3 is 9.47 Å². The summed E-state index contributed by atoms with van der Waals surface area (Å²) < 4.78 is 10.3. The Morgan fingerprint density at radius 1 is 1.25 bits per heavy atom. The lowest BCUT2D eigenvalue weighted by Gasteiger charge is -2.11. The molecule has 88 valence electrons. The highest BCUT2D eigenvalue weighted by atomic mass is 16.5. The van der Waals surface area contributed by atoms with Crippen molar-refractivity contribution in [3.63, 3.8) is 0 Å². The highest BCUT2D eigenvalue weighted by molar-refractivity contribution is 5.98. The molecule has 3 nitrogen and oxygen atoms in total. The Labute approximate surface area is 96.4 Å². The molecule has 0 heterocycles. The van der Waals surface area contributed by atoms with Crippen LogP contribution in [0.15, 0.2) is 18.2 Å². The van der Waals surface area contributed by atoms with E-state index in [9.17, 15) is 4.79 Å². The molecule has 0 aromatic heterocycles. The second-order valence-corrected chi connectivity index (χ2v) is 3.74. The number of carbonyl (C=O) groups excluding carboxylic acids is 1. The summed E-state index contributed by atoms with van der Waals surface area (Å²) in [5.74, 6) is 1.42. The van der Waals surface area contributed by atoms with Crippen LogP contribution in [0.4, 0.5) is 0 Å². The summed E-state index contributed by atoms with van der Waals surface area (Å²) in [6.07, 6.45) is 0.840. The van der Waals surface area contributed by atoms with Crippen molar-refractivity contribution < 1.29 is 14.3 Å². The van der Waals surface area contributed by atoms with Crippen LogP contribution in [-0.4, -0.2) is 20.0 Å². The number of carbonyl (C=O) groups is 1. The third-order valence-corrected chi connectivity index (χ3v) is 2.73. The van der Waals surface area contributed by atoms with Crippen molar-refractivity contribution in [3.8, 4) is 11.5 Å². The van der Waals surface area contributed by atoms with Crippen molar-refractivity contribution in [1.29, 1.82) is 0 Å². The Hall–Kier alpha value is -1.51. The molecule has 0 N–H and O–H groups in total. The van der Waals surface area contributed by atoms with Gasteiger partial charge in [-0.3, -0.25) is 4.79 Å². The summed E-state index contributed by atoms with van der Waals surface area (Å²) in [7, 11) is 3.14. The van der Waals surface area contributed by atoms with E-state index in [1.165, 1.54) is 0 Å². The van der Waals surface area contributed by atoms with Crippen LogP contribution in [0, 0.1) is 5.92 Å². The zero-order valence-electron chi connectivity index (χ0n) is 10.2. The van der Waals surface area contributed by atoms with Crippen molar-refractivity contribution in [2.24, 2.45) is 5.92 Å². The summed E-state index contributed by atoms with van der Waals surface area (Å²) in [5, 5.41) is 0. The number of ether oxygens (including phenoxy) is 2. The van der Waals surface area contributed by atoms with Crippen molar-refractivity contribution in [2.45, 2.75) is 20.3 Å². The lowest BCUT2D eigenvalue weighted by Crippen LogP contribution is -2.10. The first-order valence-corrected chi connectivity index (χ1v) is 5.40. The van der Waals surface area contributed by atoms with Crippen molar-refractivity contribution >= 4 is 5.78 Å². The maximum absolute atomic E-state index is 11.9. The van der Waals surface area contributed by atoms with E-state index >= 15 is 0 Å². The molecule has 0 aliphatic rings. The van der Waals surface area contributed by atoms with E-state index in [4.69, 9.17) is 9.47 Å². The van der Waals surface area contributed by atoms with Gasteiger partial charge >= 0.3 is 0 Å². The van der Waals surface area contributed by atoms with E-state index < -0.39 is 0 Å². The Kier molecular flexibility index (Phi) is 4.35. The standard InChI is InChI=1S/C13H18O3/c1-5-9(2)13(14)10-6-7-11(15-3)12(8-10)16-4/h6-9H,5H2,1-4H3. The number of methoxy groups -OCH3 is 2. The predicted molar refractivity (Wildman–Crippen MR) is 63.3 cm³/mol. The second kappa shape index (κ2) is 5.54. The smallest absolute Gasteiger partial charge is 0.165 e. The molecule has 1 aromatic rings. The van der Waals surface area contributed by atoms with Gasteiger partial charge in [0.25, 0.3) is 0 Å². The molecule has 0 aliphatic carbocycles. The van der Waals surface area contributed by atoms with Crippen LogP contribution in [0.25, 0.3) is 0 Å². The number of rotatable bonds is 5. The monoisotopic (exact) mass is 222 g/mol. The molecule has 16 heavy (non-hydrogen) atoms. The average Bonchev–Trinajstić information content (AvgIpc) is 2.35. The molecular formula is C13H18O3. The maximum atomic E-state index is 11.9. The fourth-order valence-electron chi connectivity index (χ4n) is 1.46. The molecule has 0 radical (unpaired) electrons. The van der Waals surface area contributed by atoms with E-state index in [1.807, 2.05) is 13.8 Å². The van der Waals surface area contributed by atoms with Crippen LogP contribution < -0.4 is 9.47 Å². The molecule has 1 aromatic carbocycles. The SMILES string of the molecule is CCC(C)C(=O)c1ccc(OC)c(OC)c1. The van der Waals surface area contributed by atoms with E-state index in [1.54, 1.807) is 32.4 Å². The van der Waals surface area contributed by atoms with Gasteiger partial charge in [-0.25, -0.2) is 0 Å². The number of ketones is 1. The van der Waals surface area contributed by atoms with Gasteiger partial charge in [0.15, 0.2) is 17.3 Å². The third kappa shape index (κ3) is 2.54. The van der Waals surface area contributed by atoms with Gasteiger partial charge in [-0.2, -0.15) is 0 Å². The quantitative estimate of drug-likeness (QED) is 0.718. The van der Waals surface area contributed by atoms with Crippen LogP contribution in [0.3, 0.4) is 0 Å². The fraction of sp³-hybridized carbons (Fsp3) is 0.462. The molecule has 0 aliphatic heterocycles. The van der Waals surface area contributed by atoms with Gasteiger partial charge in [0.2, 0.25) is 0 Å². The molecule has 0 saturated carbocycles. The lowest BCUT2D eigenvalue weighted by atomic mass is 9.97. The minimum Gasteiger partial charge on any atom is -0.493 e. The van der Waals surface area contributed by atoms with E-state index in [-0.39, 0.29) is 11.7 Å². The van der Waals surface area contributed by atoms with Gasteiger partial charge in [-0.05, 0) is 24.6 Å². The Balaban J connectivity index is 3.03. The van der Waals surface area contributed by atoms with E-state index in [2.05, 4.69) is 0 Å². The predicted octanol–water partition coefficient (Wildman–Crippen LogP) is 2.93. The Morgan fingerprint density at radius 2 is 1.88 bits per heavy atom. The van der Waals surface area contributed by atoms with Gasteiger partial charge in [-0.1, -0.05) is 13.8 Å². The van der Waals surface area contributed by atoms with Gasteiger partial charge in [0.1, 0.15) is 0 Å². The highest BCUT2D eigenvalue weighted by Gasteiger charge is 2.15. The van der Waals surface area contributed by atoms with Crippen LogP contribution >= 0.6 is 0 Å². The molecule has 3 heteroatoms. The van der Waals surface area contributed by atoms with Gasteiger partial charge in [0, 0.05) is 11.5 Å². The summed E-state index contributed by atoms with van der Waals surface area (Å²) >= 11 is 0. The van der Waals surface area contributed by atoms with Crippen LogP contribution in [0.1, 0.15) is 30.6 Å². The lowest BCUT2D eigenvalue weighted by molar-refractivity contribution is 0.0927. The minimum absolute atomic E-state index is 0.0399. The van der Waals surface area contributed by atoms with Crippen LogP contribution in [0.5, 0.6) is 11.5 Å². The summed E-state index contributed by atoms with van der Waals surface area (Å²) in [4.78, 5) is 11.9. The second-order valence-electron chi connectivity index (χ2n) is 3.74. The summed E-state index contributed by atoms with van der Waals surface area (Å²) in [6, 6.07) is 5.26. The van der Waals surface area contributed by atoms with Gasteiger partial charge in [-0.15, -0.1) is 0 Å². The first-order chi connectivity index (χ1) is 7.63. The number of hydrogen-bond acceptors (Lipinski definition) is 3. The molecule has 0 spiro atoms. The number of hydrogen-bond donors (Lipinski definition) is 0. The van der Waals surface area contributed by atoms with E-state index in [0.717, 1.165) is 6.42 Å². The normalized spacial score (nSPS) is 12.0. The Bertz CT molecular complexity index is 371. The van der Waals surface area contributed by atoms with E-state index in [0.29, 0.717) is 17.1 Å². The molecule has 1 rings (SSSR count). The third-order valence-electron chi connectivity index (χ3n) is 2.73. The molecular weight excluding hydrogens is 204 g/mol. The van der Waals surface area contributed by atoms with Crippen LogP contribution in [0.2, 0.25) is 0 Å².